The maximum atomic E-state index is 12.3. The summed E-state index contributed by atoms with van der Waals surface area (Å²) in [5, 5.41) is 2.91. The van der Waals surface area contributed by atoms with Crippen LogP contribution in [-0.2, 0) is 11.3 Å². The van der Waals surface area contributed by atoms with Crippen molar-refractivity contribution in [3.8, 4) is 5.75 Å². The number of nitrogens with zero attached hydrogens (tertiary/aromatic N) is 1. The predicted molar refractivity (Wildman–Crippen MR) is 106 cm³/mol. The third-order valence-corrected chi connectivity index (χ3v) is 4.58. The van der Waals surface area contributed by atoms with Crippen molar-refractivity contribution in [2.24, 2.45) is 0 Å². The lowest BCUT2D eigenvalue weighted by atomic mass is 10.1. The summed E-state index contributed by atoms with van der Waals surface area (Å²) in [7, 11) is 0. The molecule has 0 aromatic heterocycles. The Morgan fingerprint density at radius 3 is 2.41 bits per heavy atom. The highest BCUT2D eigenvalue weighted by Gasteiger charge is 2.11. The average molecular weight is 368 g/mol. The van der Waals surface area contributed by atoms with E-state index in [4.69, 9.17) is 9.47 Å². The fourth-order valence-corrected chi connectivity index (χ4v) is 3.23. The van der Waals surface area contributed by atoms with E-state index in [9.17, 15) is 4.79 Å². The van der Waals surface area contributed by atoms with Crippen molar-refractivity contribution >= 4 is 5.91 Å². The van der Waals surface area contributed by atoms with Gasteiger partial charge in [0.1, 0.15) is 12.4 Å². The maximum Gasteiger partial charge on any atom is 0.251 e. The molecule has 1 saturated heterocycles. The Morgan fingerprint density at radius 1 is 1.07 bits per heavy atom. The maximum absolute atomic E-state index is 12.3. The number of hydrogen-bond donors (Lipinski definition) is 1. The molecular formula is C22H28N2O3. The number of benzene rings is 2. The van der Waals surface area contributed by atoms with Crippen LogP contribution in [0.4, 0.5) is 0 Å². The third-order valence-electron chi connectivity index (χ3n) is 4.58. The van der Waals surface area contributed by atoms with Crippen LogP contribution < -0.4 is 10.1 Å². The first-order valence-corrected chi connectivity index (χ1v) is 9.48. The lowest BCUT2D eigenvalue weighted by Crippen LogP contribution is -2.35. The number of nitrogens with one attached hydrogen (secondary N) is 1. The number of aryl methyl sites for hydroxylation is 2. The molecule has 144 valence electrons. The van der Waals surface area contributed by atoms with Gasteiger partial charge in [0.15, 0.2) is 0 Å². The minimum absolute atomic E-state index is 0.0723. The van der Waals surface area contributed by atoms with Gasteiger partial charge in [0.05, 0.1) is 19.8 Å². The quantitative estimate of drug-likeness (QED) is 0.764. The average Bonchev–Trinajstić information content (AvgIpc) is 2.66. The van der Waals surface area contributed by atoms with Crippen LogP contribution in [0.3, 0.4) is 0 Å². The molecule has 1 heterocycles. The molecule has 3 rings (SSSR count). The lowest BCUT2D eigenvalue weighted by Gasteiger charge is -2.26. The molecule has 1 fully saturated rings. The van der Waals surface area contributed by atoms with Crippen LogP contribution in [0, 0.1) is 13.8 Å². The molecule has 1 aliphatic rings. The Hall–Kier alpha value is -2.37. The highest BCUT2D eigenvalue weighted by atomic mass is 16.5. The first-order valence-electron chi connectivity index (χ1n) is 9.48. The Bertz CT molecular complexity index is 732. The van der Waals surface area contributed by atoms with Crippen molar-refractivity contribution in [3.05, 3.63) is 64.7 Å². The lowest BCUT2D eigenvalue weighted by molar-refractivity contribution is 0.0342. The SMILES string of the molecule is Cc1cc(C)cc(OCCNC(=O)c2ccc(CN3CCOCC3)cc2)c1. The predicted octanol–water partition coefficient (Wildman–Crippen LogP) is 2.94. The zero-order chi connectivity index (χ0) is 19.1. The van der Waals surface area contributed by atoms with Crippen molar-refractivity contribution < 1.29 is 14.3 Å². The highest BCUT2D eigenvalue weighted by molar-refractivity contribution is 5.94. The second kappa shape index (κ2) is 9.53. The number of amides is 1. The van der Waals surface area contributed by atoms with Gasteiger partial charge in [-0.1, -0.05) is 18.2 Å². The van der Waals surface area contributed by atoms with Crippen LogP contribution in [0.15, 0.2) is 42.5 Å². The van der Waals surface area contributed by atoms with Gasteiger partial charge in [-0.05, 0) is 54.8 Å². The van der Waals surface area contributed by atoms with E-state index >= 15 is 0 Å². The van der Waals surface area contributed by atoms with Gasteiger partial charge in [-0.15, -0.1) is 0 Å². The van der Waals surface area contributed by atoms with Gasteiger partial charge in [-0.25, -0.2) is 0 Å². The Labute approximate surface area is 161 Å². The molecule has 1 N–H and O–H groups in total. The summed E-state index contributed by atoms with van der Waals surface area (Å²) in [6.07, 6.45) is 0. The van der Waals surface area contributed by atoms with E-state index < -0.39 is 0 Å². The van der Waals surface area contributed by atoms with Gasteiger partial charge in [-0.3, -0.25) is 9.69 Å². The Balaban J connectivity index is 1.42. The van der Waals surface area contributed by atoms with Crippen LogP contribution >= 0.6 is 0 Å². The molecule has 5 heteroatoms. The summed E-state index contributed by atoms with van der Waals surface area (Å²) in [6, 6.07) is 13.9. The molecule has 0 spiro atoms. The first-order chi connectivity index (χ1) is 13.1. The van der Waals surface area contributed by atoms with E-state index in [0.717, 1.165) is 38.6 Å². The fourth-order valence-electron chi connectivity index (χ4n) is 3.23. The van der Waals surface area contributed by atoms with Crippen LogP contribution in [0.25, 0.3) is 0 Å². The standard InChI is InChI=1S/C22H28N2O3/c1-17-13-18(2)15-21(14-17)27-10-7-23-22(25)20-5-3-19(4-6-20)16-24-8-11-26-12-9-24/h3-6,13-15H,7-12,16H2,1-2H3,(H,23,25). The number of carbonyl (C=O) groups excluding carboxylic acids is 1. The van der Waals surface area contributed by atoms with Crippen molar-refractivity contribution in [2.75, 3.05) is 39.5 Å². The Kier molecular flexibility index (Phi) is 6.85. The van der Waals surface area contributed by atoms with Crippen LogP contribution in [0.1, 0.15) is 27.0 Å². The molecule has 5 nitrogen and oxygen atoms in total. The summed E-state index contributed by atoms with van der Waals surface area (Å²) in [5.74, 6) is 0.770. The summed E-state index contributed by atoms with van der Waals surface area (Å²) < 4.78 is 11.1. The minimum Gasteiger partial charge on any atom is -0.492 e. The number of carbonyl (C=O) groups is 1. The van der Waals surface area contributed by atoms with Crippen molar-refractivity contribution in [2.45, 2.75) is 20.4 Å². The normalized spacial score (nSPS) is 14.7. The third kappa shape index (κ3) is 6.08. The second-order valence-electron chi connectivity index (χ2n) is 7.01. The largest absolute Gasteiger partial charge is 0.492 e. The van der Waals surface area contributed by atoms with Gasteiger partial charge < -0.3 is 14.8 Å². The topological polar surface area (TPSA) is 50.8 Å². The van der Waals surface area contributed by atoms with Gasteiger partial charge in [0.25, 0.3) is 5.91 Å². The molecule has 2 aromatic carbocycles. The molecule has 1 aliphatic heterocycles. The molecule has 0 bridgehead atoms. The molecular weight excluding hydrogens is 340 g/mol. The number of ether oxygens (including phenoxy) is 2. The van der Waals surface area contributed by atoms with E-state index in [1.807, 2.05) is 50.2 Å². The summed E-state index contributed by atoms with van der Waals surface area (Å²) in [6.45, 7) is 9.43. The number of rotatable bonds is 7. The molecule has 2 aromatic rings. The smallest absolute Gasteiger partial charge is 0.251 e. The van der Waals surface area contributed by atoms with Crippen LogP contribution in [-0.4, -0.2) is 50.3 Å². The van der Waals surface area contributed by atoms with E-state index in [-0.39, 0.29) is 5.91 Å². The highest BCUT2D eigenvalue weighted by Crippen LogP contribution is 2.16. The zero-order valence-corrected chi connectivity index (χ0v) is 16.2. The summed E-state index contributed by atoms with van der Waals surface area (Å²) >= 11 is 0. The molecule has 27 heavy (non-hydrogen) atoms. The van der Waals surface area contributed by atoms with E-state index in [2.05, 4.69) is 16.3 Å². The molecule has 0 aliphatic carbocycles. The first kappa shape index (κ1) is 19.4. The van der Waals surface area contributed by atoms with Gasteiger partial charge in [0, 0.05) is 25.2 Å². The van der Waals surface area contributed by atoms with Crippen molar-refractivity contribution in [1.82, 2.24) is 10.2 Å². The number of morpholine rings is 1. The van der Waals surface area contributed by atoms with Gasteiger partial charge in [-0.2, -0.15) is 0 Å². The van der Waals surface area contributed by atoms with Crippen molar-refractivity contribution in [1.29, 1.82) is 0 Å². The zero-order valence-electron chi connectivity index (χ0n) is 16.2. The van der Waals surface area contributed by atoms with Crippen LogP contribution in [0.5, 0.6) is 5.75 Å². The molecule has 1 amide bonds. The monoisotopic (exact) mass is 368 g/mol. The van der Waals surface area contributed by atoms with E-state index in [1.165, 1.54) is 16.7 Å². The van der Waals surface area contributed by atoms with Gasteiger partial charge in [0.2, 0.25) is 0 Å². The fraction of sp³-hybridized carbons (Fsp3) is 0.409. The van der Waals surface area contributed by atoms with Crippen molar-refractivity contribution in [3.63, 3.8) is 0 Å². The summed E-state index contributed by atoms with van der Waals surface area (Å²) in [5.41, 5.74) is 4.23. The molecule has 0 saturated carbocycles. The number of hydrogen-bond acceptors (Lipinski definition) is 4. The molecule has 0 unspecified atom stereocenters. The Morgan fingerprint density at radius 2 is 1.74 bits per heavy atom. The molecule has 0 atom stereocenters. The molecule has 0 radical (unpaired) electrons. The minimum atomic E-state index is -0.0723. The van der Waals surface area contributed by atoms with E-state index in [0.29, 0.717) is 18.7 Å². The van der Waals surface area contributed by atoms with Crippen LogP contribution in [0.2, 0.25) is 0 Å². The summed E-state index contributed by atoms with van der Waals surface area (Å²) in [4.78, 5) is 14.6. The second-order valence-corrected chi connectivity index (χ2v) is 7.01. The van der Waals surface area contributed by atoms with E-state index in [1.54, 1.807) is 0 Å². The van der Waals surface area contributed by atoms with Gasteiger partial charge >= 0.3 is 0 Å².